The lowest BCUT2D eigenvalue weighted by atomic mass is 10.0. The summed E-state index contributed by atoms with van der Waals surface area (Å²) in [6, 6.07) is 4.49. The number of rotatable bonds is 7. The largest absolute Gasteiger partial charge is 0.398 e. The van der Waals surface area contributed by atoms with E-state index in [1.807, 2.05) is 20.8 Å². The molecule has 0 saturated heterocycles. The number of anilines is 1. The molecule has 4 N–H and O–H groups in total. The summed E-state index contributed by atoms with van der Waals surface area (Å²) in [4.78, 5) is 0.163. The average molecular weight is 300 g/mol. The van der Waals surface area contributed by atoms with Gasteiger partial charge in [0, 0.05) is 18.3 Å². The van der Waals surface area contributed by atoms with Crippen molar-refractivity contribution >= 4 is 15.7 Å². The highest BCUT2D eigenvalue weighted by Gasteiger charge is 2.22. The van der Waals surface area contributed by atoms with Crippen molar-refractivity contribution in [3.8, 4) is 0 Å². The summed E-state index contributed by atoms with van der Waals surface area (Å²) in [5, 5.41) is 9.01. The molecule has 0 saturated carbocycles. The zero-order chi connectivity index (χ0) is 15.3. The van der Waals surface area contributed by atoms with Crippen molar-refractivity contribution in [3.05, 3.63) is 23.8 Å². The number of aliphatic hydroxyl groups is 1. The SMILES string of the molecule is CCc1ccc(S(=O)(=O)NC(CCO)C(C)C)cc1N. The molecule has 0 bridgehead atoms. The normalized spacial score (nSPS) is 13.7. The highest BCUT2D eigenvalue weighted by molar-refractivity contribution is 7.89. The van der Waals surface area contributed by atoms with Gasteiger partial charge in [0.15, 0.2) is 0 Å². The van der Waals surface area contributed by atoms with E-state index in [0.29, 0.717) is 12.1 Å². The molecule has 1 rings (SSSR count). The third-order valence-corrected chi connectivity index (χ3v) is 4.85. The van der Waals surface area contributed by atoms with E-state index in [1.54, 1.807) is 12.1 Å². The minimum atomic E-state index is -3.62. The van der Waals surface area contributed by atoms with Gasteiger partial charge < -0.3 is 10.8 Å². The second kappa shape index (κ2) is 7.06. The fourth-order valence-electron chi connectivity index (χ4n) is 2.00. The summed E-state index contributed by atoms with van der Waals surface area (Å²) in [7, 11) is -3.62. The van der Waals surface area contributed by atoms with E-state index in [-0.39, 0.29) is 23.5 Å². The number of hydrogen-bond donors (Lipinski definition) is 3. The summed E-state index contributed by atoms with van der Waals surface area (Å²) in [5.41, 5.74) is 7.26. The Morgan fingerprint density at radius 3 is 2.45 bits per heavy atom. The molecule has 0 aliphatic heterocycles. The summed E-state index contributed by atoms with van der Waals surface area (Å²) in [6.45, 7) is 5.74. The van der Waals surface area contributed by atoms with Crippen LogP contribution < -0.4 is 10.5 Å². The lowest BCUT2D eigenvalue weighted by molar-refractivity contribution is 0.256. The van der Waals surface area contributed by atoms with Crippen molar-refractivity contribution < 1.29 is 13.5 Å². The van der Waals surface area contributed by atoms with Gasteiger partial charge in [-0.2, -0.15) is 0 Å². The van der Waals surface area contributed by atoms with Crippen LogP contribution in [0.1, 0.15) is 32.8 Å². The first-order chi connectivity index (χ1) is 9.31. The van der Waals surface area contributed by atoms with Crippen LogP contribution in [0.2, 0.25) is 0 Å². The monoisotopic (exact) mass is 300 g/mol. The maximum atomic E-state index is 12.3. The van der Waals surface area contributed by atoms with Gasteiger partial charge in [-0.3, -0.25) is 0 Å². The van der Waals surface area contributed by atoms with Gasteiger partial charge in [-0.25, -0.2) is 13.1 Å². The minimum absolute atomic E-state index is 0.0533. The number of sulfonamides is 1. The van der Waals surface area contributed by atoms with Crippen LogP contribution in [-0.4, -0.2) is 26.2 Å². The van der Waals surface area contributed by atoms with Gasteiger partial charge in [-0.1, -0.05) is 26.8 Å². The second-order valence-electron chi connectivity index (χ2n) is 5.20. The zero-order valence-corrected chi connectivity index (χ0v) is 13.1. The van der Waals surface area contributed by atoms with Gasteiger partial charge in [-0.15, -0.1) is 0 Å². The molecule has 0 heterocycles. The maximum Gasteiger partial charge on any atom is 0.240 e. The highest BCUT2D eigenvalue weighted by Crippen LogP contribution is 2.19. The van der Waals surface area contributed by atoms with Gasteiger partial charge in [0.1, 0.15) is 0 Å². The van der Waals surface area contributed by atoms with Gasteiger partial charge in [0.05, 0.1) is 4.90 Å². The van der Waals surface area contributed by atoms with Crippen molar-refractivity contribution in [2.24, 2.45) is 5.92 Å². The van der Waals surface area contributed by atoms with E-state index in [4.69, 9.17) is 10.8 Å². The Kier molecular flexibility index (Phi) is 5.98. The lowest BCUT2D eigenvalue weighted by Gasteiger charge is -2.21. The Morgan fingerprint density at radius 1 is 1.35 bits per heavy atom. The quantitative estimate of drug-likeness (QED) is 0.666. The molecule has 1 aromatic carbocycles. The Labute approximate surface area is 121 Å². The van der Waals surface area contributed by atoms with E-state index in [1.165, 1.54) is 6.07 Å². The predicted octanol–water partition coefficient (Wildman–Crippen LogP) is 1.52. The topological polar surface area (TPSA) is 92.4 Å². The van der Waals surface area contributed by atoms with Gasteiger partial charge in [-0.05, 0) is 36.5 Å². The van der Waals surface area contributed by atoms with Crippen LogP contribution in [0.15, 0.2) is 23.1 Å². The van der Waals surface area contributed by atoms with Crippen LogP contribution in [0.5, 0.6) is 0 Å². The predicted molar refractivity (Wildman–Crippen MR) is 80.9 cm³/mol. The van der Waals surface area contributed by atoms with Crippen molar-refractivity contribution in [2.45, 2.75) is 44.6 Å². The van der Waals surface area contributed by atoms with Crippen LogP contribution in [0, 0.1) is 5.92 Å². The molecule has 1 atom stereocenters. The Morgan fingerprint density at radius 2 is 2.00 bits per heavy atom. The first-order valence-corrected chi connectivity index (χ1v) is 8.31. The smallest absolute Gasteiger partial charge is 0.240 e. The van der Waals surface area contributed by atoms with E-state index in [0.717, 1.165) is 12.0 Å². The first kappa shape index (κ1) is 16.9. The molecule has 0 aromatic heterocycles. The van der Waals surface area contributed by atoms with E-state index in [9.17, 15) is 8.42 Å². The van der Waals surface area contributed by atoms with Crippen LogP contribution in [0.25, 0.3) is 0 Å². The van der Waals surface area contributed by atoms with E-state index >= 15 is 0 Å². The first-order valence-electron chi connectivity index (χ1n) is 6.83. The standard InChI is InChI=1S/C14H24N2O3S/c1-4-11-5-6-12(9-13(11)15)20(18,19)16-14(7-8-17)10(2)3/h5-6,9-10,14,16-17H,4,7-8,15H2,1-3H3. The molecular weight excluding hydrogens is 276 g/mol. The number of benzene rings is 1. The Bertz CT molecular complexity index is 541. The van der Waals surface area contributed by atoms with E-state index in [2.05, 4.69) is 4.72 Å². The molecule has 6 heteroatoms. The number of nitrogen functional groups attached to an aromatic ring is 1. The lowest BCUT2D eigenvalue weighted by Crippen LogP contribution is -2.39. The molecule has 0 radical (unpaired) electrons. The maximum absolute atomic E-state index is 12.3. The van der Waals surface area contributed by atoms with Crippen molar-refractivity contribution in [3.63, 3.8) is 0 Å². The molecule has 0 aliphatic rings. The number of aryl methyl sites for hydroxylation is 1. The summed E-state index contributed by atoms with van der Waals surface area (Å²) in [6.07, 6.45) is 1.15. The molecule has 1 unspecified atom stereocenters. The molecular formula is C14H24N2O3S. The van der Waals surface area contributed by atoms with Gasteiger partial charge >= 0.3 is 0 Å². The molecule has 1 aromatic rings. The van der Waals surface area contributed by atoms with Crippen LogP contribution in [-0.2, 0) is 16.4 Å². The molecule has 5 nitrogen and oxygen atoms in total. The van der Waals surface area contributed by atoms with Crippen molar-refractivity contribution in [2.75, 3.05) is 12.3 Å². The van der Waals surface area contributed by atoms with Gasteiger partial charge in [0.25, 0.3) is 0 Å². The molecule has 0 aliphatic carbocycles. The van der Waals surface area contributed by atoms with E-state index < -0.39 is 10.0 Å². The minimum Gasteiger partial charge on any atom is -0.398 e. The Balaban J connectivity index is 3.01. The molecule has 0 spiro atoms. The number of nitrogens with one attached hydrogen (secondary N) is 1. The molecule has 20 heavy (non-hydrogen) atoms. The molecule has 114 valence electrons. The number of nitrogens with two attached hydrogens (primary N) is 1. The van der Waals surface area contributed by atoms with Crippen molar-refractivity contribution in [1.82, 2.24) is 4.72 Å². The number of aliphatic hydroxyl groups excluding tert-OH is 1. The highest BCUT2D eigenvalue weighted by atomic mass is 32.2. The number of hydrogen-bond acceptors (Lipinski definition) is 4. The summed E-state index contributed by atoms with van der Waals surface area (Å²) in [5.74, 6) is 0.101. The zero-order valence-electron chi connectivity index (χ0n) is 12.3. The Hall–Kier alpha value is -1.11. The third-order valence-electron chi connectivity index (χ3n) is 3.36. The summed E-state index contributed by atoms with van der Waals surface area (Å²) < 4.78 is 27.3. The van der Waals surface area contributed by atoms with Gasteiger partial charge in [0.2, 0.25) is 10.0 Å². The second-order valence-corrected chi connectivity index (χ2v) is 6.91. The molecule has 0 amide bonds. The molecule has 0 fully saturated rings. The fourth-order valence-corrected chi connectivity index (χ4v) is 3.45. The summed E-state index contributed by atoms with van der Waals surface area (Å²) >= 11 is 0. The fraction of sp³-hybridized carbons (Fsp3) is 0.571. The average Bonchev–Trinajstić information content (AvgIpc) is 2.37. The van der Waals surface area contributed by atoms with Crippen molar-refractivity contribution in [1.29, 1.82) is 0 Å². The van der Waals surface area contributed by atoms with Crippen LogP contribution in [0.4, 0.5) is 5.69 Å². The third kappa shape index (κ3) is 4.19. The van der Waals surface area contributed by atoms with Crippen LogP contribution in [0.3, 0.4) is 0 Å². The van der Waals surface area contributed by atoms with Crippen LogP contribution >= 0.6 is 0 Å².